The molecule has 388 valence electrons. The van der Waals surface area contributed by atoms with E-state index in [0.717, 1.165) is 103 Å². The summed E-state index contributed by atoms with van der Waals surface area (Å²) in [7, 11) is 0. The molecule has 0 aromatic rings. The van der Waals surface area contributed by atoms with E-state index < -0.39 is 18.0 Å². The summed E-state index contributed by atoms with van der Waals surface area (Å²) >= 11 is 0. The minimum Gasteiger partial charge on any atom is -0.393 e. The number of aliphatic hydroxyl groups is 3. The van der Waals surface area contributed by atoms with Gasteiger partial charge in [0.05, 0.1) is 56.9 Å². The molecule has 2 heterocycles. The van der Waals surface area contributed by atoms with Crippen molar-refractivity contribution in [2.75, 3.05) is 26.4 Å². The van der Waals surface area contributed by atoms with E-state index in [1.54, 1.807) is 0 Å². The van der Waals surface area contributed by atoms with Crippen LogP contribution in [-0.2, 0) is 28.7 Å². The third-order valence-corrected chi connectivity index (χ3v) is 15.7. The van der Waals surface area contributed by atoms with Gasteiger partial charge < -0.3 is 34.3 Å². The molecule has 66 heavy (non-hydrogen) atoms. The summed E-state index contributed by atoms with van der Waals surface area (Å²) in [5.41, 5.74) is 0. The van der Waals surface area contributed by atoms with Crippen molar-refractivity contribution in [1.29, 1.82) is 0 Å². The third kappa shape index (κ3) is 21.2. The summed E-state index contributed by atoms with van der Waals surface area (Å²) in [6, 6.07) is 0. The normalized spacial score (nSPS) is 28.3. The molecule has 2 saturated carbocycles. The number of unbranched alkanes of at least 4 members (excludes halogenated alkanes) is 10. The zero-order valence-electron chi connectivity index (χ0n) is 43.1. The summed E-state index contributed by atoms with van der Waals surface area (Å²) in [5, 5.41) is 49.9. The van der Waals surface area contributed by atoms with Crippen LogP contribution in [0.3, 0.4) is 0 Å². The lowest BCUT2D eigenvalue weighted by Crippen LogP contribution is -2.33. The molecule has 0 aromatic heterocycles. The predicted molar refractivity (Wildman–Crippen MR) is 265 cm³/mol. The van der Waals surface area contributed by atoms with Crippen molar-refractivity contribution in [3.63, 3.8) is 0 Å². The van der Waals surface area contributed by atoms with E-state index in [2.05, 4.69) is 68.7 Å². The number of rotatable bonds is 34. The van der Waals surface area contributed by atoms with Crippen LogP contribution in [0.4, 0.5) is 0 Å². The topological polar surface area (TPSA) is 157 Å². The maximum absolute atomic E-state index is 10.7. The molecule has 2 aliphatic carbocycles. The molecule has 10 atom stereocenters. The molecular formula is C55H102O11. The molecule has 11 heteroatoms. The quantitative estimate of drug-likeness (QED) is 0.0181. The van der Waals surface area contributed by atoms with Gasteiger partial charge in [0, 0.05) is 25.7 Å². The monoisotopic (exact) mass is 939 g/mol. The van der Waals surface area contributed by atoms with Crippen LogP contribution in [0.15, 0.2) is 24.3 Å². The Balaban J connectivity index is 0.000000350. The minimum absolute atomic E-state index is 0.0718. The Hall–Kier alpha value is -0.960. The third-order valence-electron chi connectivity index (χ3n) is 15.7. The average Bonchev–Trinajstić information content (AvgIpc) is 4.08. The average molecular weight is 939 g/mol. The molecule has 2 unspecified atom stereocenters. The molecule has 0 radical (unpaired) electrons. The zero-order valence-corrected chi connectivity index (χ0v) is 43.1. The second-order valence-electron chi connectivity index (χ2n) is 21.5. The van der Waals surface area contributed by atoms with Crippen LogP contribution in [0.2, 0.25) is 0 Å². The smallest absolute Gasteiger partial charge is 0.168 e. The van der Waals surface area contributed by atoms with Gasteiger partial charge >= 0.3 is 0 Å². The fourth-order valence-electron chi connectivity index (χ4n) is 11.4. The maximum Gasteiger partial charge on any atom is 0.168 e. The Bertz CT molecular complexity index is 1150. The van der Waals surface area contributed by atoms with Gasteiger partial charge in [0.25, 0.3) is 0 Å². The largest absolute Gasteiger partial charge is 0.393 e. The second kappa shape index (κ2) is 33.6. The summed E-state index contributed by atoms with van der Waals surface area (Å²) in [4.78, 5) is 9.13. The molecule has 2 saturated heterocycles. The molecule has 0 aromatic carbocycles. The van der Waals surface area contributed by atoms with Crippen LogP contribution in [0, 0.1) is 41.4 Å². The van der Waals surface area contributed by atoms with Crippen molar-refractivity contribution in [3.05, 3.63) is 24.3 Å². The van der Waals surface area contributed by atoms with Gasteiger partial charge in [-0.15, -0.1) is 0 Å². The predicted octanol–water partition coefficient (Wildman–Crippen LogP) is 13.0. The van der Waals surface area contributed by atoms with Gasteiger partial charge in [0.15, 0.2) is 11.6 Å². The Kier molecular flexibility index (Phi) is 30.2. The number of allylic oxidation sites excluding steroid dienone is 4. The molecule has 2 aliphatic heterocycles. The number of hydrogen-bond acceptors (Lipinski definition) is 11. The van der Waals surface area contributed by atoms with Crippen LogP contribution >= 0.6 is 0 Å². The molecule has 11 nitrogen and oxygen atoms in total. The highest BCUT2D eigenvalue weighted by atomic mass is 17.1. The standard InChI is InChI=1S/C28H52O5.C27H50O6/c1-5-6-7-10-13-17-28(31-19-20-32-28)18-16-24-23(4)21-26(29)25(24)14-11-8-9-12-15-27(33-30)22(2)3;1-4-5-6-9-12-16-27(31-18-19-32-27)17-15-23-22(24(28)20-25(23)29)13-10-7-8-11-14-26(33-30)21(2)3/h8,11,22-27,29-30H,5-7,9-10,12-21H2,1-4H3;7,10,21-26,28-30H,4-6,8-9,11-20H2,1-3H3/b11-8-;10-7-/t23-,24+,25-,26+,27?;22-,23-,24+,25-,26?/m11/s1. The van der Waals surface area contributed by atoms with Crippen LogP contribution in [0.5, 0.6) is 0 Å². The summed E-state index contributed by atoms with van der Waals surface area (Å²) in [6.45, 7) is 17.7. The fourth-order valence-corrected chi connectivity index (χ4v) is 11.4. The van der Waals surface area contributed by atoms with E-state index in [0.29, 0.717) is 62.4 Å². The maximum atomic E-state index is 10.7. The molecule has 0 amide bonds. The first kappa shape index (κ1) is 59.3. The molecule has 0 bridgehead atoms. The lowest BCUT2D eigenvalue weighted by Gasteiger charge is -2.31. The summed E-state index contributed by atoms with van der Waals surface area (Å²) in [5.74, 6) is 1.25. The first-order valence-electron chi connectivity index (χ1n) is 27.3. The van der Waals surface area contributed by atoms with Crippen molar-refractivity contribution in [2.24, 2.45) is 41.4 Å². The molecule has 0 spiro atoms. The Morgan fingerprint density at radius 2 is 0.894 bits per heavy atom. The lowest BCUT2D eigenvalue weighted by atomic mass is 9.82. The van der Waals surface area contributed by atoms with Crippen molar-refractivity contribution in [3.8, 4) is 0 Å². The van der Waals surface area contributed by atoms with Crippen LogP contribution in [-0.4, -0.2) is 94.4 Å². The van der Waals surface area contributed by atoms with Crippen LogP contribution in [0.1, 0.15) is 215 Å². The van der Waals surface area contributed by atoms with E-state index in [1.807, 2.05) is 13.8 Å². The van der Waals surface area contributed by atoms with Gasteiger partial charge in [0.1, 0.15) is 0 Å². The van der Waals surface area contributed by atoms with Crippen LogP contribution in [0.25, 0.3) is 0 Å². The number of ether oxygens (including phenoxy) is 4. The lowest BCUT2D eigenvalue weighted by molar-refractivity contribution is -0.289. The molecular weight excluding hydrogens is 837 g/mol. The van der Waals surface area contributed by atoms with Crippen molar-refractivity contribution >= 4 is 0 Å². The summed E-state index contributed by atoms with van der Waals surface area (Å²) < 4.78 is 24.4. The van der Waals surface area contributed by atoms with E-state index in [4.69, 9.17) is 29.5 Å². The van der Waals surface area contributed by atoms with Gasteiger partial charge in [-0.3, -0.25) is 10.5 Å². The Morgan fingerprint density at radius 1 is 0.500 bits per heavy atom. The zero-order chi connectivity index (χ0) is 48.2. The van der Waals surface area contributed by atoms with E-state index in [1.165, 1.54) is 57.8 Å². The Morgan fingerprint density at radius 3 is 1.32 bits per heavy atom. The van der Waals surface area contributed by atoms with E-state index >= 15 is 0 Å². The highest BCUT2D eigenvalue weighted by Crippen LogP contribution is 2.45. The van der Waals surface area contributed by atoms with Gasteiger partial charge in [0.2, 0.25) is 0 Å². The number of aliphatic hydroxyl groups excluding tert-OH is 3. The SMILES string of the molecule is CCCCCCCC1(CC[C@@H]2[C@@H](C/C=C\CCCC(OO)C(C)C)[C@@H](O)C[C@H]2C)OCCO1.CCCCCCCC1(CC[C@@H]2[C@@H](C/C=C\CCCC(OO)C(C)C)[C@@H](O)C[C@H]2O)OCCO1. The van der Waals surface area contributed by atoms with Crippen molar-refractivity contribution in [1.82, 2.24) is 0 Å². The number of hydrogen-bond donors (Lipinski definition) is 5. The van der Waals surface area contributed by atoms with Crippen LogP contribution < -0.4 is 0 Å². The van der Waals surface area contributed by atoms with Crippen molar-refractivity contribution < 1.29 is 54.6 Å². The fraction of sp³-hybridized carbons (Fsp3) is 0.927. The second-order valence-corrected chi connectivity index (χ2v) is 21.5. The first-order valence-corrected chi connectivity index (χ1v) is 27.3. The highest BCUT2D eigenvalue weighted by Gasteiger charge is 2.45. The van der Waals surface area contributed by atoms with Crippen molar-refractivity contribution in [2.45, 2.75) is 258 Å². The van der Waals surface area contributed by atoms with Gasteiger partial charge in [-0.05, 0) is 131 Å². The highest BCUT2D eigenvalue weighted by molar-refractivity contribution is 4.98. The molecule has 4 rings (SSSR count). The Labute approximate surface area is 403 Å². The van der Waals surface area contributed by atoms with Gasteiger partial charge in [-0.1, -0.05) is 124 Å². The molecule has 4 aliphatic rings. The van der Waals surface area contributed by atoms with Gasteiger partial charge in [-0.25, -0.2) is 9.78 Å². The minimum atomic E-state index is -0.498. The molecule has 5 N–H and O–H groups in total. The van der Waals surface area contributed by atoms with E-state index in [-0.39, 0.29) is 35.9 Å². The van der Waals surface area contributed by atoms with E-state index in [9.17, 15) is 15.3 Å². The first-order chi connectivity index (χ1) is 31.8. The molecule has 4 fully saturated rings. The van der Waals surface area contributed by atoms with Gasteiger partial charge in [-0.2, -0.15) is 0 Å². The summed E-state index contributed by atoms with van der Waals surface area (Å²) in [6.07, 6.45) is 34.1.